The highest BCUT2D eigenvalue weighted by Gasteiger charge is 2.15. The third kappa shape index (κ3) is 2.67. The van der Waals surface area contributed by atoms with Crippen molar-refractivity contribution in [2.24, 2.45) is 0 Å². The lowest BCUT2D eigenvalue weighted by Crippen LogP contribution is -2.23. The molecule has 22 heavy (non-hydrogen) atoms. The molecular weight excluding hydrogens is 300 g/mol. The van der Waals surface area contributed by atoms with Gasteiger partial charge in [0.05, 0.1) is 22.5 Å². The average molecular weight is 315 g/mol. The maximum absolute atomic E-state index is 12.2. The van der Waals surface area contributed by atoms with Gasteiger partial charge in [0, 0.05) is 18.3 Å². The molecule has 0 atom stereocenters. The molecule has 0 fully saturated rings. The van der Waals surface area contributed by atoms with Gasteiger partial charge in [-0.2, -0.15) is 0 Å². The SMILES string of the molecule is CCCNC(=O)c1c[nH]c2ncc(-c3ccccc3Cl)nc12. The molecule has 112 valence electrons. The number of benzene rings is 1. The van der Waals surface area contributed by atoms with Gasteiger partial charge in [0.25, 0.3) is 5.91 Å². The molecule has 0 aliphatic carbocycles. The number of fused-ring (bicyclic) bond motifs is 1. The molecule has 3 aromatic rings. The molecule has 2 aromatic heterocycles. The standard InChI is InChI=1S/C16H15ClN4O/c1-2-7-18-16(22)11-8-19-15-14(11)21-13(9-20-15)10-5-3-4-6-12(10)17/h3-6,8-9H,2,7H2,1H3,(H,18,22)(H,19,20). The fraction of sp³-hybridized carbons (Fsp3) is 0.188. The third-order valence-electron chi connectivity index (χ3n) is 3.31. The summed E-state index contributed by atoms with van der Waals surface area (Å²) in [6.07, 6.45) is 4.16. The Bertz CT molecular complexity index is 828. The maximum atomic E-state index is 12.2. The first kappa shape index (κ1) is 14.5. The van der Waals surface area contributed by atoms with Gasteiger partial charge in [-0.25, -0.2) is 9.97 Å². The second-order valence-corrected chi connectivity index (χ2v) is 5.30. The van der Waals surface area contributed by atoms with Gasteiger partial charge in [-0.15, -0.1) is 0 Å². The van der Waals surface area contributed by atoms with Crippen LogP contribution in [0.3, 0.4) is 0 Å². The van der Waals surface area contributed by atoms with Gasteiger partial charge in [0.2, 0.25) is 0 Å². The molecule has 1 amide bonds. The monoisotopic (exact) mass is 314 g/mol. The highest BCUT2D eigenvalue weighted by Crippen LogP contribution is 2.27. The number of carbonyl (C=O) groups excluding carboxylic acids is 1. The second kappa shape index (κ2) is 6.15. The van der Waals surface area contributed by atoms with E-state index in [1.165, 1.54) is 0 Å². The number of halogens is 1. The molecule has 0 radical (unpaired) electrons. The number of nitrogens with one attached hydrogen (secondary N) is 2. The number of rotatable bonds is 4. The number of hydrogen-bond donors (Lipinski definition) is 2. The van der Waals surface area contributed by atoms with Crippen LogP contribution >= 0.6 is 11.6 Å². The number of carbonyl (C=O) groups is 1. The highest BCUT2D eigenvalue weighted by atomic mass is 35.5. The van der Waals surface area contributed by atoms with Crippen LogP contribution in [-0.4, -0.2) is 27.4 Å². The van der Waals surface area contributed by atoms with Crippen LogP contribution in [-0.2, 0) is 0 Å². The van der Waals surface area contributed by atoms with E-state index in [9.17, 15) is 4.79 Å². The van der Waals surface area contributed by atoms with Crippen LogP contribution in [0.1, 0.15) is 23.7 Å². The Morgan fingerprint density at radius 3 is 2.95 bits per heavy atom. The van der Waals surface area contributed by atoms with Gasteiger partial charge < -0.3 is 10.3 Å². The van der Waals surface area contributed by atoms with Crippen molar-refractivity contribution >= 4 is 28.7 Å². The number of amides is 1. The molecule has 0 aliphatic heterocycles. The van der Waals surface area contributed by atoms with E-state index >= 15 is 0 Å². The molecule has 6 heteroatoms. The Hall–Kier alpha value is -2.40. The summed E-state index contributed by atoms with van der Waals surface area (Å²) in [5.74, 6) is -0.154. The molecular formula is C16H15ClN4O. The van der Waals surface area contributed by atoms with E-state index in [0.29, 0.717) is 34.0 Å². The van der Waals surface area contributed by atoms with Crippen molar-refractivity contribution in [2.45, 2.75) is 13.3 Å². The van der Waals surface area contributed by atoms with E-state index in [1.807, 2.05) is 25.1 Å². The van der Waals surface area contributed by atoms with Crippen LogP contribution in [0, 0.1) is 0 Å². The number of H-pyrrole nitrogens is 1. The zero-order valence-electron chi connectivity index (χ0n) is 12.1. The van der Waals surface area contributed by atoms with Crippen molar-refractivity contribution in [3.63, 3.8) is 0 Å². The Kier molecular flexibility index (Phi) is 4.06. The summed E-state index contributed by atoms with van der Waals surface area (Å²) >= 11 is 6.20. The molecule has 0 spiro atoms. The first-order valence-corrected chi connectivity index (χ1v) is 7.45. The van der Waals surface area contributed by atoms with Crippen molar-refractivity contribution in [2.75, 3.05) is 6.54 Å². The quantitative estimate of drug-likeness (QED) is 0.775. The minimum Gasteiger partial charge on any atom is -0.352 e. The minimum absolute atomic E-state index is 0.154. The molecule has 0 saturated heterocycles. The lowest BCUT2D eigenvalue weighted by atomic mass is 10.1. The van der Waals surface area contributed by atoms with Crippen LogP contribution in [0.25, 0.3) is 22.4 Å². The lowest BCUT2D eigenvalue weighted by Gasteiger charge is -2.04. The predicted octanol–water partition coefficient (Wildman–Crippen LogP) is 3.42. The first-order valence-electron chi connectivity index (χ1n) is 7.08. The maximum Gasteiger partial charge on any atom is 0.255 e. The molecule has 5 nitrogen and oxygen atoms in total. The summed E-state index contributed by atoms with van der Waals surface area (Å²) in [6.45, 7) is 2.63. The number of aromatic amines is 1. The largest absolute Gasteiger partial charge is 0.352 e. The number of hydrogen-bond acceptors (Lipinski definition) is 3. The summed E-state index contributed by atoms with van der Waals surface area (Å²) in [5, 5.41) is 3.45. The zero-order valence-corrected chi connectivity index (χ0v) is 12.8. The Labute approximate surface area is 132 Å². The third-order valence-corrected chi connectivity index (χ3v) is 3.64. The van der Waals surface area contributed by atoms with Crippen LogP contribution < -0.4 is 5.32 Å². The highest BCUT2D eigenvalue weighted by molar-refractivity contribution is 6.33. The second-order valence-electron chi connectivity index (χ2n) is 4.89. The average Bonchev–Trinajstić information content (AvgIpc) is 2.96. The zero-order chi connectivity index (χ0) is 15.5. The fourth-order valence-corrected chi connectivity index (χ4v) is 2.43. The molecule has 2 heterocycles. The number of nitrogens with zero attached hydrogens (tertiary/aromatic N) is 2. The summed E-state index contributed by atoms with van der Waals surface area (Å²) in [6, 6.07) is 7.42. The van der Waals surface area contributed by atoms with Crippen molar-refractivity contribution in [3.05, 3.63) is 47.2 Å². The Balaban J connectivity index is 2.05. The van der Waals surface area contributed by atoms with Crippen LogP contribution in [0.5, 0.6) is 0 Å². The molecule has 1 aromatic carbocycles. The van der Waals surface area contributed by atoms with Crippen molar-refractivity contribution in [1.29, 1.82) is 0 Å². The number of aromatic nitrogens is 3. The minimum atomic E-state index is -0.154. The van der Waals surface area contributed by atoms with Crippen LogP contribution in [0.15, 0.2) is 36.7 Å². The van der Waals surface area contributed by atoms with E-state index in [1.54, 1.807) is 18.5 Å². The molecule has 0 saturated carbocycles. The van der Waals surface area contributed by atoms with Crippen molar-refractivity contribution in [1.82, 2.24) is 20.3 Å². The van der Waals surface area contributed by atoms with Gasteiger partial charge in [0.15, 0.2) is 5.65 Å². The van der Waals surface area contributed by atoms with Gasteiger partial charge in [-0.05, 0) is 12.5 Å². The van der Waals surface area contributed by atoms with E-state index in [4.69, 9.17) is 11.6 Å². The van der Waals surface area contributed by atoms with E-state index in [-0.39, 0.29) is 5.91 Å². The molecule has 2 N–H and O–H groups in total. The Morgan fingerprint density at radius 2 is 2.18 bits per heavy atom. The van der Waals surface area contributed by atoms with Gasteiger partial charge in [-0.1, -0.05) is 36.7 Å². The van der Waals surface area contributed by atoms with Gasteiger partial charge >= 0.3 is 0 Å². The molecule has 0 bridgehead atoms. The first-order chi connectivity index (χ1) is 10.7. The van der Waals surface area contributed by atoms with E-state index < -0.39 is 0 Å². The summed E-state index contributed by atoms with van der Waals surface area (Å²) in [4.78, 5) is 24.0. The van der Waals surface area contributed by atoms with E-state index in [0.717, 1.165) is 12.0 Å². The normalized spacial score (nSPS) is 10.8. The lowest BCUT2D eigenvalue weighted by molar-refractivity contribution is 0.0955. The summed E-state index contributed by atoms with van der Waals surface area (Å²) < 4.78 is 0. The fourth-order valence-electron chi connectivity index (χ4n) is 2.20. The van der Waals surface area contributed by atoms with E-state index in [2.05, 4.69) is 20.3 Å². The summed E-state index contributed by atoms with van der Waals surface area (Å²) in [7, 11) is 0. The summed E-state index contributed by atoms with van der Waals surface area (Å²) in [5.41, 5.74) is 3.05. The van der Waals surface area contributed by atoms with Gasteiger partial charge in [-0.3, -0.25) is 4.79 Å². The Morgan fingerprint density at radius 1 is 1.36 bits per heavy atom. The molecule has 0 unspecified atom stereocenters. The van der Waals surface area contributed by atoms with Crippen molar-refractivity contribution in [3.8, 4) is 11.3 Å². The molecule has 3 rings (SSSR count). The van der Waals surface area contributed by atoms with Gasteiger partial charge in [0.1, 0.15) is 5.52 Å². The predicted molar refractivity (Wildman–Crippen MR) is 87.0 cm³/mol. The van der Waals surface area contributed by atoms with Crippen LogP contribution in [0.4, 0.5) is 0 Å². The molecule has 0 aliphatic rings. The van der Waals surface area contributed by atoms with Crippen LogP contribution in [0.2, 0.25) is 5.02 Å². The smallest absolute Gasteiger partial charge is 0.255 e. The van der Waals surface area contributed by atoms with Crippen molar-refractivity contribution < 1.29 is 4.79 Å². The topological polar surface area (TPSA) is 70.7 Å².